The largest absolute Gasteiger partial charge is 0.304 e. The van der Waals surface area contributed by atoms with Crippen LogP contribution < -0.4 is 0 Å². The molecule has 2 aromatic rings. The lowest BCUT2D eigenvalue weighted by Gasteiger charge is -2.34. The number of nitrogens with zero attached hydrogens (tertiary/aromatic N) is 5. The second-order valence-corrected chi connectivity index (χ2v) is 7.97. The summed E-state index contributed by atoms with van der Waals surface area (Å²) in [7, 11) is 0. The fourth-order valence-corrected chi connectivity index (χ4v) is 4.59. The van der Waals surface area contributed by atoms with E-state index in [1.165, 1.54) is 30.7 Å². The molecule has 0 atom stereocenters. The predicted molar refractivity (Wildman–Crippen MR) is 99.8 cm³/mol. The summed E-state index contributed by atoms with van der Waals surface area (Å²) in [6.45, 7) is 7.39. The summed E-state index contributed by atoms with van der Waals surface area (Å²) >= 11 is 7.45. The van der Waals surface area contributed by atoms with Crippen molar-refractivity contribution in [3.8, 4) is 0 Å². The van der Waals surface area contributed by atoms with E-state index in [2.05, 4.69) is 31.2 Å². The average Bonchev–Trinajstić information content (AvgIpc) is 3.12. The van der Waals surface area contributed by atoms with E-state index in [9.17, 15) is 0 Å². The van der Waals surface area contributed by atoms with Crippen LogP contribution in [0.2, 0.25) is 0 Å². The maximum absolute atomic E-state index is 5.67. The molecule has 130 valence electrons. The number of thiophene rings is 1. The zero-order chi connectivity index (χ0) is 16.4. The molecule has 2 aliphatic rings. The molecule has 0 amide bonds. The normalized spacial score (nSPS) is 20.0. The molecule has 7 heteroatoms. The molecule has 0 saturated carbocycles. The van der Waals surface area contributed by atoms with Crippen LogP contribution in [0.25, 0.3) is 0 Å². The minimum Gasteiger partial charge on any atom is -0.304 e. The number of hydrogen-bond donors (Lipinski definition) is 0. The standard InChI is InChI=1S/C17H25N5S2/c23-17-21-6-3-1-2-4-16(21)18-22(17)14-20-9-7-19(8-10-20)12-15-5-11-24-13-15/h5,11,13H,1-4,6-10,12,14H2. The van der Waals surface area contributed by atoms with E-state index in [1.807, 2.05) is 4.68 Å². The maximum atomic E-state index is 5.67. The monoisotopic (exact) mass is 363 g/mol. The molecule has 1 fully saturated rings. The predicted octanol–water partition coefficient (Wildman–Crippen LogP) is 2.98. The number of aryl methyl sites for hydroxylation is 1. The smallest absolute Gasteiger partial charge is 0.199 e. The van der Waals surface area contributed by atoms with E-state index in [0.29, 0.717) is 0 Å². The van der Waals surface area contributed by atoms with E-state index in [1.54, 1.807) is 11.3 Å². The van der Waals surface area contributed by atoms with Gasteiger partial charge in [0.1, 0.15) is 5.82 Å². The van der Waals surface area contributed by atoms with E-state index in [4.69, 9.17) is 17.3 Å². The van der Waals surface area contributed by atoms with Gasteiger partial charge in [0.2, 0.25) is 0 Å². The van der Waals surface area contributed by atoms with Crippen LogP contribution in [0.15, 0.2) is 16.8 Å². The number of rotatable bonds is 4. The van der Waals surface area contributed by atoms with Gasteiger partial charge in [-0.05, 0) is 47.4 Å². The summed E-state index contributed by atoms with van der Waals surface area (Å²) in [6.07, 6.45) is 4.84. The highest BCUT2D eigenvalue weighted by molar-refractivity contribution is 7.71. The second kappa shape index (κ2) is 7.47. The third kappa shape index (κ3) is 3.64. The molecule has 0 radical (unpaired) electrons. The van der Waals surface area contributed by atoms with Crippen LogP contribution in [0.4, 0.5) is 0 Å². The Labute approximate surface area is 152 Å². The van der Waals surface area contributed by atoms with Crippen LogP contribution in [0.5, 0.6) is 0 Å². The molecule has 5 nitrogen and oxygen atoms in total. The van der Waals surface area contributed by atoms with Crippen molar-refractivity contribution >= 4 is 23.6 Å². The van der Waals surface area contributed by atoms with Gasteiger partial charge in [-0.1, -0.05) is 6.42 Å². The van der Waals surface area contributed by atoms with Crippen molar-refractivity contribution in [2.45, 2.75) is 45.4 Å². The maximum Gasteiger partial charge on any atom is 0.199 e. The number of fused-ring (bicyclic) bond motifs is 1. The summed E-state index contributed by atoms with van der Waals surface area (Å²) < 4.78 is 5.22. The van der Waals surface area contributed by atoms with E-state index >= 15 is 0 Å². The molecule has 0 aromatic carbocycles. The quantitative estimate of drug-likeness (QED) is 0.781. The van der Waals surface area contributed by atoms with E-state index in [-0.39, 0.29) is 0 Å². The Morgan fingerprint density at radius 3 is 2.67 bits per heavy atom. The molecule has 4 rings (SSSR count). The first-order valence-electron chi connectivity index (χ1n) is 8.92. The number of aromatic nitrogens is 3. The molecule has 1 saturated heterocycles. The third-order valence-corrected chi connectivity index (χ3v) is 6.23. The van der Waals surface area contributed by atoms with Gasteiger partial charge < -0.3 is 4.57 Å². The zero-order valence-corrected chi connectivity index (χ0v) is 15.7. The molecular formula is C17H25N5S2. The van der Waals surface area contributed by atoms with E-state index in [0.717, 1.165) is 57.1 Å². The molecule has 0 spiro atoms. The van der Waals surface area contributed by atoms with Crippen molar-refractivity contribution in [1.82, 2.24) is 24.1 Å². The molecule has 0 bridgehead atoms. The van der Waals surface area contributed by atoms with Gasteiger partial charge in [-0.15, -0.1) is 0 Å². The summed E-state index contributed by atoms with van der Waals surface area (Å²) in [5.41, 5.74) is 1.44. The Kier molecular flexibility index (Phi) is 5.12. The summed E-state index contributed by atoms with van der Waals surface area (Å²) in [4.78, 5) is 5.02. The van der Waals surface area contributed by atoms with Crippen LogP contribution in [-0.2, 0) is 26.2 Å². The first kappa shape index (κ1) is 16.4. The zero-order valence-electron chi connectivity index (χ0n) is 14.1. The van der Waals surface area contributed by atoms with E-state index < -0.39 is 0 Å². The van der Waals surface area contributed by atoms with Crippen LogP contribution in [0.1, 0.15) is 30.7 Å². The molecule has 2 aliphatic heterocycles. The van der Waals surface area contributed by atoms with Gasteiger partial charge in [0.25, 0.3) is 0 Å². The van der Waals surface area contributed by atoms with Crippen LogP contribution >= 0.6 is 23.6 Å². The highest BCUT2D eigenvalue weighted by atomic mass is 32.1. The molecule has 0 aliphatic carbocycles. The topological polar surface area (TPSA) is 29.2 Å². The van der Waals surface area contributed by atoms with Crippen LogP contribution in [0, 0.1) is 4.77 Å². The van der Waals surface area contributed by atoms with Crippen LogP contribution in [-0.4, -0.2) is 50.3 Å². The van der Waals surface area contributed by atoms with Crippen molar-refractivity contribution in [2.24, 2.45) is 0 Å². The Hall–Kier alpha value is -1.02. The second-order valence-electron chi connectivity index (χ2n) is 6.83. The van der Waals surface area contributed by atoms with Gasteiger partial charge in [-0.3, -0.25) is 9.80 Å². The van der Waals surface area contributed by atoms with Crippen LogP contribution in [0.3, 0.4) is 0 Å². The third-order valence-electron chi connectivity index (χ3n) is 5.07. The number of hydrogen-bond acceptors (Lipinski definition) is 5. The summed E-state index contributed by atoms with van der Waals surface area (Å²) in [5.74, 6) is 1.19. The summed E-state index contributed by atoms with van der Waals surface area (Å²) in [5, 5.41) is 9.22. The fourth-order valence-electron chi connectivity index (χ4n) is 3.64. The van der Waals surface area contributed by atoms with Crippen molar-refractivity contribution < 1.29 is 0 Å². The minimum absolute atomic E-state index is 0.838. The minimum atomic E-state index is 0.838. The Morgan fingerprint density at radius 1 is 1.04 bits per heavy atom. The molecule has 0 unspecified atom stereocenters. The highest BCUT2D eigenvalue weighted by Crippen LogP contribution is 2.15. The first-order chi connectivity index (χ1) is 11.8. The molecule has 24 heavy (non-hydrogen) atoms. The van der Waals surface area contributed by atoms with Gasteiger partial charge in [-0.25, -0.2) is 4.68 Å². The fraction of sp³-hybridized carbons (Fsp3) is 0.647. The van der Waals surface area contributed by atoms with Gasteiger partial charge in [0.05, 0.1) is 6.67 Å². The Morgan fingerprint density at radius 2 is 1.88 bits per heavy atom. The van der Waals surface area contributed by atoms with Gasteiger partial charge in [0.15, 0.2) is 4.77 Å². The van der Waals surface area contributed by atoms with Crippen molar-refractivity contribution in [1.29, 1.82) is 0 Å². The van der Waals surface area contributed by atoms with Gasteiger partial charge in [-0.2, -0.15) is 16.4 Å². The lowest BCUT2D eigenvalue weighted by molar-refractivity contribution is 0.0979. The van der Waals surface area contributed by atoms with Gasteiger partial charge >= 0.3 is 0 Å². The van der Waals surface area contributed by atoms with Gasteiger partial charge in [0, 0.05) is 45.7 Å². The first-order valence-corrected chi connectivity index (χ1v) is 10.3. The summed E-state index contributed by atoms with van der Waals surface area (Å²) in [6, 6.07) is 2.23. The Balaban J connectivity index is 1.35. The molecular weight excluding hydrogens is 338 g/mol. The molecule has 2 aromatic heterocycles. The number of piperazine rings is 1. The lowest BCUT2D eigenvalue weighted by atomic mass is 10.2. The Bertz CT molecular complexity index is 710. The average molecular weight is 364 g/mol. The SMILES string of the molecule is S=c1n(CN2CCN(Cc3ccsc3)CC2)nc2n1CCCCC2. The van der Waals surface area contributed by atoms with Crippen molar-refractivity contribution in [3.63, 3.8) is 0 Å². The molecule has 0 N–H and O–H groups in total. The lowest BCUT2D eigenvalue weighted by Crippen LogP contribution is -2.46. The highest BCUT2D eigenvalue weighted by Gasteiger charge is 2.19. The van der Waals surface area contributed by atoms with Crippen molar-refractivity contribution in [2.75, 3.05) is 26.2 Å². The van der Waals surface area contributed by atoms with Crippen molar-refractivity contribution in [3.05, 3.63) is 33.0 Å². The molecule has 4 heterocycles.